The van der Waals surface area contributed by atoms with Gasteiger partial charge in [0, 0.05) is 12.6 Å². The van der Waals surface area contributed by atoms with Crippen LogP contribution in [0.25, 0.3) is 0 Å². The van der Waals surface area contributed by atoms with Crippen LogP contribution in [0.2, 0.25) is 0 Å². The van der Waals surface area contributed by atoms with E-state index >= 15 is 0 Å². The van der Waals surface area contributed by atoms with Crippen molar-refractivity contribution in [2.45, 2.75) is 13.8 Å². The van der Waals surface area contributed by atoms with Crippen molar-refractivity contribution in [3.05, 3.63) is 59.7 Å². The average molecular weight is 310 g/mol. The van der Waals surface area contributed by atoms with Crippen LogP contribution in [-0.4, -0.2) is 17.6 Å². The second kappa shape index (κ2) is 7.22. The van der Waals surface area contributed by atoms with E-state index in [2.05, 4.69) is 15.8 Å². The molecule has 0 bridgehead atoms. The molecule has 0 saturated heterocycles. The maximum Gasteiger partial charge on any atom is 0.221 e. The van der Waals surface area contributed by atoms with Crippen molar-refractivity contribution in [3.8, 4) is 0 Å². The van der Waals surface area contributed by atoms with Crippen molar-refractivity contribution >= 4 is 29.0 Å². The number of nitrogens with one attached hydrogen (secondary N) is 2. The molecule has 6 heteroatoms. The lowest BCUT2D eigenvalue weighted by Gasteiger charge is -2.07. The van der Waals surface area contributed by atoms with E-state index in [0.717, 1.165) is 11.3 Å². The first kappa shape index (κ1) is 16.2. The van der Waals surface area contributed by atoms with E-state index in [1.165, 1.54) is 19.1 Å². The van der Waals surface area contributed by atoms with Gasteiger partial charge in [0.25, 0.3) is 0 Å². The Morgan fingerprint density at radius 3 is 2.26 bits per heavy atom. The summed E-state index contributed by atoms with van der Waals surface area (Å²) in [6.45, 7) is 3.28. The van der Waals surface area contributed by atoms with Crippen molar-refractivity contribution in [1.82, 2.24) is 0 Å². The molecule has 2 aromatic carbocycles. The Bertz CT molecular complexity index is 752. The van der Waals surface area contributed by atoms with Crippen LogP contribution < -0.4 is 15.8 Å². The summed E-state index contributed by atoms with van der Waals surface area (Å²) in [5.74, 6) is -1.35. The molecule has 0 radical (unpaired) electrons. The fourth-order valence-electron chi connectivity index (χ4n) is 1.92. The van der Waals surface area contributed by atoms with Gasteiger partial charge in [0.15, 0.2) is 0 Å². The summed E-state index contributed by atoms with van der Waals surface area (Å²) < 4.78 is 0. The molecule has 0 saturated carbocycles. The van der Waals surface area contributed by atoms with Gasteiger partial charge in [-0.15, -0.1) is 0 Å². The van der Waals surface area contributed by atoms with Gasteiger partial charge in [0.2, 0.25) is 5.91 Å². The molecule has 0 aliphatic rings. The molecular formula is C17H16N3O3-. The van der Waals surface area contributed by atoms with E-state index in [4.69, 9.17) is 0 Å². The molecule has 0 heterocycles. The monoisotopic (exact) mass is 310 g/mol. The van der Waals surface area contributed by atoms with Crippen LogP contribution >= 0.6 is 0 Å². The second-order valence-electron chi connectivity index (χ2n) is 4.94. The standard InChI is InChI=1S/C17H17N3O3/c1-11(14-4-3-5-16(10-14)18-12(2)21)19-20-15-8-6-13(7-9-15)17(22)23/h3-10,20H,1-2H3,(H,18,21)(H,22,23)/p-1/b19-11-. The Morgan fingerprint density at radius 1 is 0.957 bits per heavy atom. The molecule has 23 heavy (non-hydrogen) atoms. The number of hydrogen-bond acceptors (Lipinski definition) is 5. The second-order valence-corrected chi connectivity index (χ2v) is 4.94. The van der Waals surface area contributed by atoms with Crippen LogP contribution in [-0.2, 0) is 4.79 Å². The van der Waals surface area contributed by atoms with Gasteiger partial charge in [0.1, 0.15) is 0 Å². The molecule has 0 aliphatic heterocycles. The summed E-state index contributed by atoms with van der Waals surface area (Å²) >= 11 is 0. The van der Waals surface area contributed by atoms with E-state index in [1.807, 2.05) is 25.1 Å². The number of carboxylic acid groups (broad SMARTS) is 1. The van der Waals surface area contributed by atoms with Crippen LogP contribution in [0.5, 0.6) is 0 Å². The molecule has 0 spiro atoms. The highest BCUT2D eigenvalue weighted by Crippen LogP contribution is 2.13. The number of nitrogens with zero attached hydrogens (tertiary/aromatic N) is 1. The highest BCUT2D eigenvalue weighted by molar-refractivity contribution is 6.00. The van der Waals surface area contributed by atoms with Crippen LogP contribution in [0.4, 0.5) is 11.4 Å². The number of amides is 1. The summed E-state index contributed by atoms with van der Waals surface area (Å²) in [7, 11) is 0. The lowest BCUT2D eigenvalue weighted by Crippen LogP contribution is -2.21. The number of rotatable bonds is 5. The highest BCUT2D eigenvalue weighted by atomic mass is 16.4. The minimum atomic E-state index is -1.22. The Balaban J connectivity index is 2.10. The predicted molar refractivity (Wildman–Crippen MR) is 87.4 cm³/mol. The number of carbonyl (C=O) groups is 2. The molecule has 2 aromatic rings. The number of hydrogen-bond donors (Lipinski definition) is 2. The Labute approximate surface area is 133 Å². The van der Waals surface area contributed by atoms with Gasteiger partial charge in [-0.1, -0.05) is 24.3 Å². The van der Waals surface area contributed by atoms with Crippen LogP contribution in [0.15, 0.2) is 53.6 Å². The van der Waals surface area contributed by atoms with E-state index in [9.17, 15) is 14.7 Å². The van der Waals surface area contributed by atoms with Crippen LogP contribution in [0, 0.1) is 0 Å². The topological polar surface area (TPSA) is 93.6 Å². The maximum atomic E-state index is 11.1. The first-order valence-corrected chi connectivity index (χ1v) is 6.95. The predicted octanol–water partition coefficient (Wildman–Crippen LogP) is 1.84. The number of hydrazone groups is 1. The molecular weight excluding hydrogens is 294 g/mol. The lowest BCUT2D eigenvalue weighted by atomic mass is 10.1. The van der Waals surface area contributed by atoms with Crippen molar-refractivity contribution < 1.29 is 14.7 Å². The normalized spacial score (nSPS) is 11.0. The van der Waals surface area contributed by atoms with Gasteiger partial charge in [-0.2, -0.15) is 5.10 Å². The molecule has 1 amide bonds. The molecule has 0 fully saturated rings. The number of carbonyl (C=O) groups excluding carboxylic acids is 2. The van der Waals surface area contributed by atoms with E-state index in [0.29, 0.717) is 11.4 Å². The molecule has 2 N–H and O–H groups in total. The third kappa shape index (κ3) is 4.67. The van der Waals surface area contributed by atoms with Crippen molar-refractivity contribution in [2.24, 2.45) is 5.10 Å². The number of aromatic carboxylic acids is 1. The van der Waals surface area contributed by atoms with Gasteiger partial charge in [0.05, 0.1) is 17.4 Å². The van der Waals surface area contributed by atoms with Crippen molar-refractivity contribution in [1.29, 1.82) is 0 Å². The molecule has 2 rings (SSSR count). The summed E-state index contributed by atoms with van der Waals surface area (Å²) in [5, 5.41) is 17.6. The van der Waals surface area contributed by atoms with E-state index in [-0.39, 0.29) is 11.5 Å². The first-order valence-electron chi connectivity index (χ1n) is 6.95. The van der Waals surface area contributed by atoms with Crippen LogP contribution in [0.1, 0.15) is 29.8 Å². The minimum absolute atomic E-state index is 0.110. The summed E-state index contributed by atoms with van der Waals surface area (Å²) in [5.41, 5.74) is 5.90. The minimum Gasteiger partial charge on any atom is -0.545 e. The molecule has 0 aromatic heterocycles. The zero-order valence-electron chi connectivity index (χ0n) is 12.8. The van der Waals surface area contributed by atoms with E-state index in [1.54, 1.807) is 18.2 Å². The molecule has 6 nitrogen and oxygen atoms in total. The third-order valence-electron chi connectivity index (χ3n) is 3.07. The Kier molecular flexibility index (Phi) is 5.09. The number of carboxylic acids is 1. The first-order chi connectivity index (χ1) is 11.0. The summed E-state index contributed by atoms with van der Waals surface area (Å²) in [6, 6.07) is 13.4. The highest BCUT2D eigenvalue weighted by Gasteiger charge is 2.01. The largest absolute Gasteiger partial charge is 0.545 e. The Morgan fingerprint density at radius 2 is 1.65 bits per heavy atom. The van der Waals surface area contributed by atoms with Gasteiger partial charge >= 0.3 is 0 Å². The fraction of sp³-hybridized carbons (Fsp3) is 0.118. The lowest BCUT2D eigenvalue weighted by molar-refractivity contribution is -0.255. The Hall–Kier alpha value is -3.15. The summed E-state index contributed by atoms with van der Waals surface area (Å²) in [4.78, 5) is 21.8. The summed E-state index contributed by atoms with van der Waals surface area (Å²) in [6.07, 6.45) is 0. The van der Waals surface area contributed by atoms with Crippen molar-refractivity contribution in [2.75, 3.05) is 10.7 Å². The molecule has 0 unspecified atom stereocenters. The van der Waals surface area contributed by atoms with Gasteiger partial charge < -0.3 is 15.2 Å². The maximum absolute atomic E-state index is 11.1. The van der Waals surface area contributed by atoms with Gasteiger partial charge in [-0.05, 0) is 42.3 Å². The molecule has 0 atom stereocenters. The van der Waals surface area contributed by atoms with Crippen LogP contribution in [0.3, 0.4) is 0 Å². The van der Waals surface area contributed by atoms with Gasteiger partial charge in [-0.25, -0.2) is 0 Å². The van der Waals surface area contributed by atoms with Crippen molar-refractivity contribution in [3.63, 3.8) is 0 Å². The zero-order chi connectivity index (χ0) is 16.8. The number of anilines is 2. The fourth-order valence-corrected chi connectivity index (χ4v) is 1.92. The average Bonchev–Trinajstić information content (AvgIpc) is 2.52. The molecule has 0 aliphatic carbocycles. The smallest absolute Gasteiger partial charge is 0.221 e. The zero-order valence-corrected chi connectivity index (χ0v) is 12.8. The van der Waals surface area contributed by atoms with E-state index < -0.39 is 5.97 Å². The number of benzene rings is 2. The molecule has 118 valence electrons. The third-order valence-corrected chi connectivity index (χ3v) is 3.07. The quantitative estimate of drug-likeness (QED) is 0.651. The van der Waals surface area contributed by atoms with Gasteiger partial charge in [-0.3, -0.25) is 10.2 Å². The SMILES string of the molecule is CC(=O)Nc1cccc(/C(C)=N\Nc2ccc(C(=O)[O-])cc2)c1.